The average molecular weight is 462 g/mol. The Morgan fingerprint density at radius 1 is 1.03 bits per heavy atom. The summed E-state index contributed by atoms with van der Waals surface area (Å²) in [4.78, 5) is 37.5. The Bertz CT molecular complexity index is 616. The molecular weight excluding hydrogens is 422 g/mol. The van der Waals surface area contributed by atoms with Gasteiger partial charge in [-0.05, 0) is 6.42 Å². The van der Waals surface area contributed by atoms with E-state index < -0.39 is 73.5 Å². The van der Waals surface area contributed by atoms with Gasteiger partial charge in [-0.3, -0.25) is 14.4 Å². The van der Waals surface area contributed by atoms with Gasteiger partial charge in [0.25, 0.3) is 0 Å². The van der Waals surface area contributed by atoms with Crippen molar-refractivity contribution in [2.24, 2.45) is 11.7 Å². The van der Waals surface area contributed by atoms with Crippen molar-refractivity contribution in [3.8, 4) is 0 Å². The van der Waals surface area contributed by atoms with Crippen LogP contribution in [0.2, 0.25) is 0 Å². The molecule has 0 spiro atoms. The van der Waals surface area contributed by atoms with Crippen molar-refractivity contribution in [3.63, 3.8) is 0 Å². The normalized spacial score (nSPS) is 27.6. The van der Waals surface area contributed by atoms with Gasteiger partial charge in [-0.2, -0.15) is 0 Å². The van der Waals surface area contributed by atoms with E-state index in [9.17, 15) is 34.8 Å². The van der Waals surface area contributed by atoms with Gasteiger partial charge in [0.2, 0.25) is 11.8 Å². The van der Waals surface area contributed by atoms with E-state index in [0.717, 1.165) is 25.7 Å². The van der Waals surface area contributed by atoms with E-state index in [2.05, 4.69) is 17.6 Å². The van der Waals surface area contributed by atoms with Crippen LogP contribution in [0.3, 0.4) is 0 Å². The van der Waals surface area contributed by atoms with Gasteiger partial charge in [-0.15, -0.1) is 0 Å². The Hall–Kier alpha value is -1.63. The minimum Gasteiger partial charge on any atom is -0.394 e. The van der Waals surface area contributed by atoms with Gasteiger partial charge in [-0.25, -0.2) is 0 Å². The fourth-order valence-electron chi connectivity index (χ4n) is 3.45. The van der Waals surface area contributed by atoms with Crippen molar-refractivity contribution >= 4 is 17.6 Å². The smallest absolute Gasteiger partial charge is 0.237 e. The fourth-order valence-corrected chi connectivity index (χ4v) is 3.45. The van der Waals surface area contributed by atoms with Crippen molar-refractivity contribution in [1.29, 1.82) is 0 Å². The molecule has 8 N–H and O–H groups in total. The molecule has 1 aliphatic rings. The molecule has 1 heterocycles. The SMILES string of the molecule is CCCCCCC(N)C(=O)NC(CC(=O)N[C@@H]1OC(CO)[C@H](O)[C@H](O)C1O)C(=O)C(C)C. The van der Waals surface area contributed by atoms with Gasteiger partial charge in [0, 0.05) is 5.92 Å². The summed E-state index contributed by atoms with van der Waals surface area (Å²) in [5.74, 6) is -2.08. The number of amides is 2. The summed E-state index contributed by atoms with van der Waals surface area (Å²) in [6, 6.07) is -1.93. The minimum atomic E-state index is -1.65. The molecule has 0 aliphatic carbocycles. The maximum Gasteiger partial charge on any atom is 0.237 e. The number of nitrogens with one attached hydrogen (secondary N) is 2. The number of hydrogen-bond donors (Lipinski definition) is 7. The van der Waals surface area contributed by atoms with Crippen molar-refractivity contribution < 1.29 is 39.5 Å². The highest BCUT2D eigenvalue weighted by molar-refractivity contribution is 5.95. The Morgan fingerprint density at radius 2 is 1.69 bits per heavy atom. The van der Waals surface area contributed by atoms with Crippen LogP contribution in [-0.4, -0.2) is 87.4 Å². The molecule has 1 rings (SSSR count). The lowest BCUT2D eigenvalue weighted by Gasteiger charge is -2.40. The average Bonchev–Trinajstić information content (AvgIpc) is 2.75. The largest absolute Gasteiger partial charge is 0.394 e. The highest BCUT2D eigenvalue weighted by atomic mass is 16.6. The molecule has 1 saturated heterocycles. The van der Waals surface area contributed by atoms with Gasteiger partial charge < -0.3 is 41.5 Å². The van der Waals surface area contributed by atoms with Crippen LogP contribution in [0.4, 0.5) is 0 Å². The number of nitrogens with two attached hydrogens (primary N) is 1. The molecule has 7 atom stereocenters. The molecule has 0 bridgehead atoms. The predicted molar refractivity (Wildman–Crippen MR) is 115 cm³/mol. The number of aliphatic hydroxyl groups excluding tert-OH is 4. The Labute approximate surface area is 188 Å². The molecule has 0 aromatic carbocycles. The van der Waals surface area contributed by atoms with Crippen molar-refractivity contribution in [2.75, 3.05) is 6.61 Å². The third-order valence-electron chi connectivity index (χ3n) is 5.52. The van der Waals surface area contributed by atoms with Crippen molar-refractivity contribution in [3.05, 3.63) is 0 Å². The van der Waals surface area contributed by atoms with Gasteiger partial charge >= 0.3 is 0 Å². The van der Waals surface area contributed by atoms with Crippen LogP contribution in [0.5, 0.6) is 0 Å². The number of ether oxygens (including phenoxy) is 1. The monoisotopic (exact) mass is 461 g/mol. The first-order valence-corrected chi connectivity index (χ1v) is 11.2. The van der Waals surface area contributed by atoms with E-state index in [1.165, 1.54) is 0 Å². The van der Waals surface area contributed by atoms with Crippen LogP contribution in [0.25, 0.3) is 0 Å². The molecule has 186 valence electrons. The first-order valence-electron chi connectivity index (χ1n) is 11.2. The topological polar surface area (TPSA) is 191 Å². The fraction of sp³-hybridized carbons (Fsp3) is 0.857. The summed E-state index contributed by atoms with van der Waals surface area (Å²) in [6.45, 7) is 4.71. The molecule has 0 saturated carbocycles. The zero-order chi connectivity index (χ0) is 24.4. The van der Waals surface area contributed by atoms with Crippen LogP contribution in [-0.2, 0) is 19.1 Å². The Balaban J connectivity index is 2.74. The number of carbonyl (C=O) groups excluding carboxylic acids is 3. The van der Waals surface area contributed by atoms with Gasteiger partial charge in [0.1, 0.15) is 24.4 Å². The third-order valence-corrected chi connectivity index (χ3v) is 5.52. The summed E-state index contributed by atoms with van der Waals surface area (Å²) in [7, 11) is 0. The maximum atomic E-state index is 12.6. The lowest BCUT2D eigenvalue weighted by molar-refractivity contribution is -0.236. The van der Waals surface area contributed by atoms with E-state index in [4.69, 9.17) is 10.5 Å². The molecule has 0 aromatic rings. The number of carbonyl (C=O) groups is 3. The van der Waals surface area contributed by atoms with Gasteiger partial charge in [0.15, 0.2) is 12.0 Å². The molecule has 0 radical (unpaired) electrons. The van der Waals surface area contributed by atoms with E-state index in [0.29, 0.717) is 6.42 Å². The second kappa shape index (κ2) is 13.8. The number of rotatable bonds is 13. The third kappa shape index (κ3) is 8.38. The molecular formula is C21H39N3O8. The summed E-state index contributed by atoms with van der Waals surface area (Å²) < 4.78 is 5.24. The van der Waals surface area contributed by atoms with Crippen molar-refractivity contribution in [1.82, 2.24) is 10.6 Å². The van der Waals surface area contributed by atoms with E-state index in [1.807, 2.05) is 0 Å². The predicted octanol–water partition coefficient (Wildman–Crippen LogP) is -1.70. The number of unbranched alkanes of at least 4 members (excludes halogenated alkanes) is 3. The molecule has 1 fully saturated rings. The maximum absolute atomic E-state index is 12.6. The van der Waals surface area contributed by atoms with Crippen LogP contribution in [0.1, 0.15) is 59.3 Å². The van der Waals surface area contributed by atoms with Crippen molar-refractivity contribution in [2.45, 2.75) is 102 Å². The number of Topliss-reactive ketones (excluding diaryl/α,β-unsaturated/α-hetero) is 1. The molecule has 1 aliphatic heterocycles. The molecule has 4 unspecified atom stereocenters. The van der Waals surface area contributed by atoms with Crippen LogP contribution in [0, 0.1) is 5.92 Å². The molecule has 11 heteroatoms. The number of aliphatic hydroxyl groups is 4. The lowest BCUT2D eigenvalue weighted by Crippen LogP contribution is -2.63. The number of hydrogen-bond acceptors (Lipinski definition) is 9. The molecule has 2 amide bonds. The first-order chi connectivity index (χ1) is 15.0. The van der Waals surface area contributed by atoms with E-state index >= 15 is 0 Å². The zero-order valence-electron chi connectivity index (χ0n) is 19.1. The Morgan fingerprint density at radius 3 is 2.25 bits per heavy atom. The molecule has 32 heavy (non-hydrogen) atoms. The summed E-state index contributed by atoms with van der Waals surface area (Å²) in [5, 5.41) is 43.8. The highest BCUT2D eigenvalue weighted by Crippen LogP contribution is 2.20. The minimum absolute atomic E-state index is 0.361. The summed E-state index contributed by atoms with van der Waals surface area (Å²) >= 11 is 0. The van der Waals surface area contributed by atoms with Crippen LogP contribution < -0.4 is 16.4 Å². The summed E-state index contributed by atoms with van der Waals surface area (Å²) in [5.41, 5.74) is 5.93. The second-order valence-corrected chi connectivity index (χ2v) is 8.60. The van der Waals surface area contributed by atoms with E-state index in [1.54, 1.807) is 13.8 Å². The lowest BCUT2D eigenvalue weighted by atomic mass is 9.97. The highest BCUT2D eigenvalue weighted by Gasteiger charge is 2.44. The first kappa shape index (κ1) is 28.4. The Kier molecular flexibility index (Phi) is 12.3. The summed E-state index contributed by atoms with van der Waals surface area (Å²) in [6.07, 6.45) is -3.59. The van der Waals surface area contributed by atoms with Crippen LogP contribution >= 0.6 is 0 Å². The van der Waals surface area contributed by atoms with Crippen LogP contribution in [0.15, 0.2) is 0 Å². The van der Waals surface area contributed by atoms with Gasteiger partial charge in [0.05, 0.1) is 25.1 Å². The number of ketones is 1. The quantitative estimate of drug-likeness (QED) is 0.157. The standard InChI is InChI=1S/C21H39N3O8/c1-4-5-6-7-8-12(22)20(31)23-13(16(27)11(2)3)9-15(26)24-21-19(30)18(29)17(28)14(10-25)32-21/h11-14,17-19,21,25,28-30H,4-10,22H2,1-3H3,(H,23,31)(H,24,26)/t12?,13?,14?,17-,18-,19?,21+/m0/s1. The second-order valence-electron chi connectivity index (χ2n) is 8.60. The molecule has 0 aromatic heterocycles. The molecule has 11 nitrogen and oxygen atoms in total. The van der Waals surface area contributed by atoms with E-state index in [-0.39, 0.29) is 5.78 Å². The zero-order valence-corrected chi connectivity index (χ0v) is 19.1. The van der Waals surface area contributed by atoms with Gasteiger partial charge in [-0.1, -0.05) is 46.5 Å².